The molecular formula is C16H19N3. The number of rotatable bonds is 2. The highest BCUT2D eigenvalue weighted by Crippen LogP contribution is 2.44. The second-order valence-corrected chi connectivity index (χ2v) is 5.89. The number of hydrogen-bond donors (Lipinski definition) is 1. The lowest BCUT2D eigenvalue weighted by Gasteiger charge is -2.41. The average Bonchev–Trinajstić information content (AvgIpc) is 2.43. The summed E-state index contributed by atoms with van der Waals surface area (Å²) in [5, 5.41) is 3.60. The molecule has 3 heteroatoms. The number of fused-ring (bicyclic) bond motifs is 1. The smallest absolute Gasteiger partial charge is 0.115 e. The van der Waals surface area contributed by atoms with Crippen molar-refractivity contribution < 1.29 is 0 Å². The van der Waals surface area contributed by atoms with Gasteiger partial charge in [-0.15, -0.1) is 0 Å². The SMILES string of the molecule is CC1(C)CCc2ccccc2C1Nc1cncnc1. The first-order valence-corrected chi connectivity index (χ1v) is 6.76. The Morgan fingerprint density at radius 1 is 1.16 bits per heavy atom. The number of hydrogen-bond acceptors (Lipinski definition) is 3. The van der Waals surface area contributed by atoms with Crippen LogP contribution in [0.2, 0.25) is 0 Å². The Kier molecular flexibility index (Phi) is 2.97. The van der Waals surface area contributed by atoms with E-state index in [-0.39, 0.29) is 5.41 Å². The maximum atomic E-state index is 4.08. The van der Waals surface area contributed by atoms with Gasteiger partial charge in [0.2, 0.25) is 0 Å². The highest BCUT2D eigenvalue weighted by molar-refractivity contribution is 5.45. The Bertz CT molecular complexity index is 563. The molecule has 0 radical (unpaired) electrons. The van der Waals surface area contributed by atoms with Crippen LogP contribution in [-0.4, -0.2) is 9.97 Å². The molecule has 1 unspecified atom stereocenters. The van der Waals surface area contributed by atoms with E-state index in [2.05, 4.69) is 53.4 Å². The summed E-state index contributed by atoms with van der Waals surface area (Å²) in [6.07, 6.45) is 7.58. The Hall–Kier alpha value is -1.90. The number of aryl methyl sites for hydroxylation is 1. The van der Waals surface area contributed by atoms with Crippen molar-refractivity contribution in [1.82, 2.24) is 9.97 Å². The molecule has 0 fully saturated rings. The fraction of sp³-hybridized carbons (Fsp3) is 0.375. The Balaban J connectivity index is 1.97. The van der Waals surface area contributed by atoms with Gasteiger partial charge in [-0.1, -0.05) is 38.1 Å². The lowest BCUT2D eigenvalue weighted by molar-refractivity contribution is 0.265. The number of benzene rings is 1. The molecule has 98 valence electrons. The van der Waals surface area contributed by atoms with E-state index in [0.29, 0.717) is 6.04 Å². The van der Waals surface area contributed by atoms with E-state index in [1.165, 1.54) is 17.5 Å². The molecule has 1 aliphatic carbocycles. The third-order valence-corrected chi connectivity index (χ3v) is 4.06. The molecule has 1 aliphatic rings. The zero-order valence-corrected chi connectivity index (χ0v) is 11.4. The van der Waals surface area contributed by atoms with Gasteiger partial charge in [0.05, 0.1) is 24.1 Å². The van der Waals surface area contributed by atoms with Crippen LogP contribution in [-0.2, 0) is 6.42 Å². The van der Waals surface area contributed by atoms with Crippen molar-refractivity contribution in [3.8, 4) is 0 Å². The summed E-state index contributed by atoms with van der Waals surface area (Å²) in [5.74, 6) is 0. The van der Waals surface area contributed by atoms with E-state index in [4.69, 9.17) is 0 Å². The van der Waals surface area contributed by atoms with Crippen LogP contribution in [0, 0.1) is 5.41 Å². The predicted molar refractivity (Wildman–Crippen MR) is 76.9 cm³/mol. The highest BCUT2D eigenvalue weighted by atomic mass is 15.0. The van der Waals surface area contributed by atoms with Crippen LogP contribution in [0.4, 0.5) is 5.69 Å². The first-order chi connectivity index (χ1) is 9.17. The minimum Gasteiger partial charge on any atom is -0.375 e. The number of aromatic nitrogens is 2. The van der Waals surface area contributed by atoms with Crippen molar-refractivity contribution in [2.75, 3.05) is 5.32 Å². The van der Waals surface area contributed by atoms with Crippen molar-refractivity contribution in [1.29, 1.82) is 0 Å². The van der Waals surface area contributed by atoms with E-state index < -0.39 is 0 Å². The maximum Gasteiger partial charge on any atom is 0.115 e. The number of nitrogens with one attached hydrogen (secondary N) is 1. The van der Waals surface area contributed by atoms with Gasteiger partial charge in [-0.3, -0.25) is 0 Å². The van der Waals surface area contributed by atoms with Gasteiger partial charge in [-0.25, -0.2) is 9.97 Å². The van der Waals surface area contributed by atoms with Crippen LogP contribution in [0.15, 0.2) is 43.0 Å². The normalized spacial score (nSPS) is 20.6. The van der Waals surface area contributed by atoms with Gasteiger partial charge in [-0.2, -0.15) is 0 Å². The second kappa shape index (κ2) is 4.65. The topological polar surface area (TPSA) is 37.8 Å². The highest BCUT2D eigenvalue weighted by Gasteiger charge is 2.35. The van der Waals surface area contributed by atoms with Gasteiger partial charge in [0, 0.05) is 0 Å². The van der Waals surface area contributed by atoms with Crippen LogP contribution in [0.5, 0.6) is 0 Å². The fourth-order valence-electron chi connectivity index (χ4n) is 2.88. The minimum atomic E-state index is 0.226. The van der Waals surface area contributed by atoms with Gasteiger partial charge >= 0.3 is 0 Å². The van der Waals surface area contributed by atoms with Crippen molar-refractivity contribution in [3.05, 3.63) is 54.1 Å². The maximum absolute atomic E-state index is 4.08. The van der Waals surface area contributed by atoms with Crippen LogP contribution in [0.3, 0.4) is 0 Å². The molecule has 19 heavy (non-hydrogen) atoms. The summed E-state index contributed by atoms with van der Waals surface area (Å²) < 4.78 is 0. The summed E-state index contributed by atoms with van der Waals surface area (Å²) in [5.41, 5.74) is 4.07. The first kappa shape index (κ1) is 12.2. The zero-order chi connectivity index (χ0) is 13.3. The molecular weight excluding hydrogens is 234 g/mol. The summed E-state index contributed by atoms with van der Waals surface area (Å²) in [6.45, 7) is 4.65. The Labute approximate surface area is 114 Å². The molecule has 1 atom stereocenters. The van der Waals surface area contributed by atoms with Crippen molar-refractivity contribution in [2.45, 2.75) is 32.7 Å². The summed E-state index contributed by atoms with van der Waals surface area (Å²) in [7, 11) is 0. The van der Waals surface area contributed by atoms with E-state index >= 15 is 0 Å². The first-order valence-electron chi connectivity index (χ1n) is 6.76. The molecule has 1 aromatic carbocycles. The van der Waals surface area contributed by atoms with E-state index in [0.717, 1.165) is 12.1 Å². The van der Waals surface area contributed by atoms with Crippen molar-refractivity contribution in [2.24, 2.45) is 5.41 Å². The molecule has 0 saturated heterocycles. The van der Waals surface area contributed by atoms with Crippen molar-refractivity contribution in [3.63, 3.8) is 0 Å². The molecule has 1 N–H and O–H groups in total. The third kappa shape index (κ3) is 2.33. The van der Waals surface area contributed by atoms with Gasteiger partial charge in [0.25, 0.3) is 0 Å². The average molecular weight is 253 g/mol. The molecule has 1 aromatic heterocycles. The third-order valence-electron chi connectivity index (χ3n) is 4.06. The lowest BCUT2D eigenvalue weighted by Crippen LogP contribution is -2.33. The van der Waals surface area contributed by atoms with Crippen molar-refractivity contribution >= 4 is 5.69 Å². The van der Waals surface area contributed by atoms with Gasteiger partial charge in [0.15, 0.2) is 0 Å². The fourth-order valence-corrected chi connectivity index (χ4v) is 2.88. The molecule has 0 spiro atoms. The van der Waals surface area contributed by atoms with Crippen LogP contribution in [0.1, 0.15) is 37.4 Å². The predicted octanol–water partition coefficient (Wildman–Crippen LogP) is 3.60. The number of nitrogens with zero attached hydrogens (tertiary/aromatic N) is 2. The standard InChI is InChI=1S/C16H19N3/c1-16(2)8-7-12-5-3-4-6-14(12)15(16)19-13-9-17-11-18-10-13/h3-6,9-11,15,19H,7-8H2,1-2H3. The molecule has 3 rings (SSSR count). The van der Waals surface area contributed by atoms with Crippen LogP contribution < -0.4 is 5.32 Å². The zero-order valence-electron chi connectivity index (χ0n) is 11.4. The van der Waals surface area contributed by atoms with E-state index in [9.17, 15) is 0 Å². The molecule has 0 bridgehead atoms. The molecule has 0 amide bonds. The monoisotopic (exact) mass is 253 g/mol. The molecule has 0 saturated carbocycles. The van der Waals surface area contributed by atoms with Gasteiger partial charge < -0.3 is 5.32 Å². The van der Waals surface area contributed by atoms with Gasteiger partial charge in [-0.05, 0) is 29.4 Å². The quantitative estimate of drug-likeness (QED) is 0.888. The van der Waals surface area contributed by atoms with Gasteiger partial charge in [0.1, 0.15) is 6.33 Å². The van der Waals surface area contributed by atoms with Crippen LogP contribution >= 0.6 is 0 Å². The Morgan fingerprint density at radius 3 is 2.68 bits per heavy atom. The minimum absolute atomic E-state index is 0.226. The summed E-state index contributed by atoms with van der Waals surface area (Å²) in [6, 6.07) is 9.03. The molecule has 1 heterocycles. The Morgan fingerprint density at radius 2 is 1.89 bits per heavy atom. The summed E-state index contributed by atoms with van der Waals surface area (Å²) >= 11 is 0. The molecule has 0 aliphatic heterocycles. The summed E-state index contributed by atoms with van der Waals surface area (Å²) in [4.78, 5) is 8.16. The number of anilines is 1. The molecule has 2 aromatic rings. The van der Waals surface area contributed by atoms with Crippen LogP contribution in [0.25, 0.3) is 0 Å². The largest absolute Gasteiger partial charge is 0.375 e. The van der Waals surface area contributed by atoms with E-state index in [1.54, 1.807) is 6.33 Å². The second-order valence-electron chi connectivity index (χ2n) is 5.89. The molecule has 3 nitrogen and oxygen atoms in total. The lowest BCUT2D eigenvalue weighted by atomic mass is 9.70. The van der Waals surface area contributed by atoms with E-state index in [1.807, 2.05) is 12.4 Å².